The summed E-state index contributed by atoms with van der Waals surface area (Å²) in [6.45, 7) is 3.46. The predicted molar refractivity (Wildman–Crippen MR) is 82.2 cm³/mol. The molecule has 0 spiro atoms. The molecule has 0 saturated heterocycles. The van der Waals surface area contributed by atoms with E-state index in [-0.39, 0.29) is 11.5 Å². The van der Waals surface area contributed by atoms with E-state index in [0.717, 1.165) is 17.3 Å². The van der Waals surface area contributed by atoms with Crippen molar-refractivity contribution in [2.45, 2.75) is 19.9 Å². The van der Waals surface area contributed by atoms with Crippen LogP contribution in [-0.2, 0) is 0 Å². The fourth-order valence-electron chi connectivity index (χ4n) is 2.57. The lowest BCUT2D eigenvalue weighted by atomic mass is 10.1. The largest absolute Gasteiger partial charge is 0.345 e. The Morgan fingerprint density at radius 1 is 1.26 bits per heavy atom. The molecule has 0 fully saturated rings. The summed E-state index contributed by atoms with van der Waals surface area (Å²) in [5, 5.41) is 2.74. The predicted octanol–water partition coefficient (Wildman–Crippen LogP) is 3.41. The van der Waals surface area contributed by atoms with Crippen molar-refractivity contribution in [3.05, 3.63) is 71.3 Å². The minimum atomic E-state index is -0.681. The molecule has 1 aromatic carbocycles. The van der Waals surface area contributed by atoms with Gasteiger partial charge < -0.3 is 9.72 Å². The number of rotatable bonds is 3. The van der Waals surface area contributed by atoms with Crippen LogP contribution in [-0.4, -0.2) is 15.3 Å². The number of halogens is 2. The molecule has 3 aromatic rings. The van der Waals surface area contributed by atoms with Gasteiger partial charge >= 0.3 is 0 Å². The van der Waals surface area contributed by atoms with Gasteiger partial charge in [-0.1, -0.05) is 6.07 Å². The number of pyridine rings is 1. The SMILES string of the molecule is Cc1c(C(=O)N[C@H](C)c2ccc(F)cc2F)ccc2cncn12. The minimum absolute atomic E-state index is 0.237. The lowest BCUT2D eigenvalue weighted by Crippen LogP contribution is -2.28. The molecule has 0 radical (unpaired) electrons. The molecule has 6 heteroatoms. The summed E-state index contributed by atoms with van der Waals surface area (Å²) in [5.41, 5.74) is 2.34. The second-order valence-electron chi connectivity index (χ2n) is 5.38. The van der Waals surface area contributed by atoms with E-state index >= 15 is 0 Å². The Bertz CT molecular complexity index is 889. The number of fused-ring (bicyclic) bond motifs is 1. The summed E-state index contributed by atoms with van der Waals surface area (Å²) >= 11 is 0. The summed E-state index contributed by atoms with van der Waals surface area (Å²) in [6, 6.07) is 6.22. The molecule has 0 bridgehead atoms. The maximum Gasteiger partial charge on any atom is 0.253 e. The summed E-state index contributed by atoms with van der Waals surface area (Å²) in [5.74, 6) is -1.65. The lowest BCUT2D eigenvalue weighted by Gasteiger charge is -2.16. The van der Waals surface area contributed by atoms with Crippen molar-refractivity contribution in [3.8, 4) is 0 Å². The van der Waals surface area contributed by atoms with Gasteiger partial charge in [-0.15, -0.1) is 0 Å². The van der Waals surface area contributed by atoms with Gasteiger partial charge in [0.15, 0.2) is 0 Å². The van der Waals surface area contributed by atoms with Crippen molar-refractivity contribution in [1.29, 1.82) is 0 Å². The molecule has 0 aliphatic rings. The molecular formula is C17H15F2N3O. The van der Waals surface area contributed by atoms with Crippen LogP contribution >= 0.6 is 0 Å². The average Bonchev–Trinajstić information content (AvgIpc) is 2.96. The summed E-state index contributed by atoms with van der Waals surface area (Å²) in [6.07, 6.45) is 3.33. The molecule has 0 aliphatic heterocycles. The average molecular weight is 315 g/mol. The summed E-state index contributed by atoms with van der Waals surface area (Å²) < 4.78 is 28.6. The third kappa shape index (κ3) is 2.79. The van der Waals surface area contributed by atoms with Gasteiger partial charge in [-0.3, -0.25) is 4.79 Å². The Labute approximate surface area is 131 Å². The Morgan fingerprint density at radius 3 is 2.78 bits per heavy atom. The highest BCUT2D eigenvalue weighted by Crippen LogP contribution is 2.19. The Hall–Kier alpha value is -2.76. The van der Waals surface area contributed by atoms with Crippen molar-refractivity contribution in [2.75, 3.05) is 0 Å². The second-order valence-corrected chi connectivity index (χ2v) is 5.38. The fourth-order valence-corrected chi connectivity index (χ4v) is 2.57. The first-order chi connectivity index (χ1) is 11.0. The number of nitrogens with zero attached hydrogens (tertiary/aromatic N) is 2. The van der Waals surface area contributed by atoms with Gasteiger partial charge in [0.2, 0.25) is 0 Å². The van der Waals surface area contributed by atoms with Gasteiger partial charge in [-0.05, 0) is 32.0 Å². The van der Waals surface area contributed by atoms with E-state index in [2.05, 4.69) is 10.3 Å². The van der Waals surface area contributed by atoms with Gasteiger partial charge in [-0.25, -0.2) is 13.8 Å². The van der Waals surface area contributed by atoms with Crippen molar-refractivity contribution in [2.24, 2.45) is 0 Å². The quantitative estimate of drug-likeness (QED) is 0.805. The number of aromatic nitrogens is 2. The van der Waals surface area contributed by atoms with Crippen molar-refractivity contribution >= 4 is 11.4 Å². The highest BCUT2D eigenvalue weighted by Gasteiger charge is 2.17. The van der Waals surface area contributed by atoms with Crippen LogP contribution in [0.2, 0.25) is 0 Å². The zero-order valence-electron chi connectivity index (χ0n) is 12.7. The molecule has 0 aliphatic carbocycles. The Balaban J connectivity index is 1.86. The number of benzene rings is 1. The third-order valence-corrected chi connectivity index (χ3v) is 3.86. The molecule has 2 heterocycles. The van der Waals surface area contributed by atoms with Crippen molar-refractivity contribution in [1.82, 2.24) is 14.7 Å². The number of carbonyl (C=O) groups is 1. The maximum atomic E-state index is 13.8. The van der Waals surface area contributed by atoms with Crippen LogP contribution in [0.3, 0.4) is 0 Å². The fraction of sp³-hybridized carbons (Fsp3) is 0.176. The number of hydrogen-bond donors (Lipinski definition) is 1. The summed E-state index contributed by atoms with van der Waals surface area (Å²) in [4.78, 5) is 16.5. The first kappa shape index (κ1) is 15.1. The number of imidazole rings is 1. The molecule has 1 N–H and O–H groups in total. The first-order valence-electron chi connectivity index (χ1n) is 7.15. The van der Waals surface area contributed by atoms with E-state index in [0.29, 0.717) is 5.56 Å². The van der Waals surface area contributed by atoms with Crippen LogP contribution in [0.15, 0.2) is 42.9 Å². The molecule has 4 nitrogen and oxygen atoms in total. The minimum Gasteiger partial charge on any atom is -0.345 e. The smallest absolute Gasteiger partial charge is 0.253 e. The Kier molecular flexibility index (Phi) is 3.82. The zero-order valence-corrected chi connectivity index (χ0v) is 12.7. The number of carbonyl (C=O) groups excluding carboxylic acids is 1. The van der Waals surface area contributed by atoms with E-state index in [1.807, 2.05) is 6.92 Å². The number of nitrogens with one attached hydrogen (secondary N) is 1. The van der Waals surface area contributed by atoms with E-state index in [9.17, 15) is 13.6 Å². The number of amides is 1. The van der Waals surface area contributed by atoms with Crippen LogP contribution in [0.1, 0.15) is 34.6 Å². The molecule has 2 aromatic heterocycles. The lowest BCUT2D eigenvalue weighted by molar-refractivity contribution is 0.0938. The molecule has 3 rings (SSSR count). The molecule has 0 saturated carbocycles. The summed E-state index contributed by atoms with van der Waals surface area (Å²) in [7, 11) is 0. The molecule has 1 atom stereocenters. The van der Waals surface area contributed by atoms with Crippen LogP contribution < -0.4 is 5.32 Å². The van der Waals surface area contributed by atoms with Gasteiger partial charge in [0.25, 0.3) is 5.91 Å². The zero-order chi connectivity index (χ0) is 16.6. The molecule has 23 heavy (non-hydrogen) atoms. The van der Waals surface area contributed by atoms with Gasteiger partial charge in [0.05, 0.1) is 29.6 Å². The van der Waals surface area contributed by atoms with Gasteiger partial charge in [-0.2, -0.15) is 0 Å². The topological polar surface area (TPSA) is 46.4 Å². The Morgan fingerprint density at radius 2 is 2.04 bits per heavy atom. The highest BCUT2D eigenvalue weighted by molar-refractivity contribution is 5.95. The molecule has 118 valence electrons. The normalized spacial score (nSPS) is 12.3. The van der Waals surface area contributed by atoms with Crippen molar-refractivity contribution in [3.63, 3.8) is 0 Å². The van der Waals surface area contributed by atoms with Crippen molar-refractivity contribution < 1.29 is 13.6 Å². The van der Waals surface area contributed by atoms with Crippen LogP contribution in [0.25, 0.3) is 5.52 Å². The molecular weight excluding hydrogens is 300 g/mol. The van der Waals surface area contributed by atoms with Gasteiger partial charge in [0, 0.05) is 17.3 Å². The highest BCUT2D eigenvalue weighted by atomic mass is 19.1. The second kappa shape index (κ2) is 5.79. The van der Waals surface area contributed by atoms with E-state index < -0.39 is 17.7 Å². The molecule has 1 amide bonds. The standard InChI is InChI=1S/C17H15F2N3O/c1-10(14-5-3-12(18)7-16(14)19)21-17(23)15-6-4-13-8-20-9-22(13)11(15)2/h3-10H,1-2H3,(H,21,23)/t10-/m1/s1. The maximum absolute atomic E-state index is 13.8. The number of aryl methyl sites for hydroxylation is 1. The van der Waals surface area contributed by atoms with Crippen LogP contribution in [0, 0.1) is 18.6 Å². The van der Waals surface area contributed by atoms with E-state index in [1.165, 1.54) is 12.1 Å². The van der Waals surface area contributed by atoms with Crippen LogP contribution in [0.4, 0.5) is 8.78 Å². The number of hydrogen-bond acceptors (Lipinski definition) is 2. The monoisotopic (exact) mass is 315 g/mol. The van der Waals surface area contributed by atoms with E-state index in [1.54, 1.807) is 36.0 Å². The third-order valence-electron chi connectivity index (χ3n) is 3.86. The first-order valence-corrected chi connectivity index (χ1v) is 7.15. The van der Waals surface area contributed by atoms with E-state index in [4.69, 9.17) is 0 Å². The molecule has 0 unspecified atom stereocenters. The van der Waals surface area contributed by atoms with Crippen LogP contribution in [0.5, 0.6) is 0 Å². The van der Waals surface area contributed by atoms with Gasteiger partial charge in [0.1, 0.15) is 11.6 Å².